The number of amides is 1. The molecule has 1 saturated carbocycles. The Morgan fingerprint density at radius 3 is 2.61 bits per heavy atom. The van der Waals surface area contributed by atoms with Gasteiger partial charge in [0.25, 0.3) is 0 Å². The Morgan fingerprint density at radius 2 is 1.93 bits per heavy atom. The second kappa shape index (κ2) is 8.08. The summed E-state index contributed by atoms with van der Waals surface area (Å²) >= 11 is 3.64. The van der Waals surface area contributed by atoms with Crippen LogP contribution in [0.1, 0.15) is 70.6 Å². The molecule has 0 radical (unpaired) electrons. The van der Waals surface area contributed by atoms with Gasteiger partial charge in [0.1, 0.15) is 0 Å². The van der Waals surface area contributed by atoms with Gasteiger partial charge < -0.3 is 4.90 Å². The highest BCUT2D eigenvalue weighted by Crippen LogP contribution is 2.59. The molecule has 1 saturated heterocycles. The van der Waals surface area contributed by atoms with Gasteiger partial charge in [0.2, 0.25) is 5.91 Å². The standard InChI is InChI=1S/C24H35BrN2O/c1-14(2)11-21(28)27-9-7-17(8-10-27)23-22-16(4)15(3)20(22)6-5-18-12-19(25)13-26-24(18)23/h12-17,20,22-23H,5-11H2,1-4H3. The van der Waals surface area contributed by atoms with E-state index in [9.17, 15) is 4.79 Å². The third kappa shape index (κ3) is 3.66. The molecule has 0 spiro atoms. The number of aryl methyl sites for hydroxylation is 1. The van der Waals surface area contributed by atoms with Crippen molar-refractivity contribution in [3.05, 3.63) is 28.0 Å². The Hall–Kier alpha value is -0.900. The van der Waals surface area contributed by atoms with Crippen LogP contribution in [0, 0.1) is 35.5 Å². The van der Waals surface area contributed by atoms with Crippen LogP contribution in [0.3, 0.4) is 0 Å². The first-order chi connectivity index (χ1) is 13.4. The maximum atomic E-state index is 12.5. The van der Waals surface area contributed by atoms with Crippen molar-refractivity contribution < 1.29 is 4.79 Å². The predicted molar refractivity (Wildman–Crippen MR) is 117 cm³/mol. The molecule has 1 aromatic rings. The Kier molecular flexibility index (Phi) is 5.88. The monoisotopic (exact) mass is 446 g/mol. The number of carbonyl (C=O) groups is 1. The zero-order valence-corrected chi connectivity index (χ0v) is 19.4. The van der Waals surface area contributed by atoms with Gasteiger partial charge in [-0.15, -0.1) is 0 Å². The van der Waals surface area contributed by atoms with Gasteiger partial charge in [0.05, 0.1) is 0 Å². The molecule has 154 valence electrons. The molecule has 2 fully saturated rings. The molecular formula is C24H35BrN2O. The fourth-order valence-corrected chi connectivity index (χ4v) is 6.78. The van der Waals surface area contributed by atoms with Gasteiger partial charge in [-0.05, 0) is 88.8 Å². The normalized spacial score (nSPS) is 33.1. The number of fused-ring (bicyclic) bond motifs is 2. The largest absolute Gasteiger partial charge is 0.343 e. The number of pyridine rings is 1. The molecule has 5 atom stereocenters. The lowest BCUT2D eigenvalue weighted by molar-refractivity contribution is -0.133. The van der Waals surface area contributed by atoms with Gasteiger partial charge in [-0.2, -0.15) is 0 Å². The molecule has 1 aromatic heterocycles. The van der Waals surface area contributed by atoms with E-state index in [0.717, 1.165) is 54.1 Å². The van der Waals surface area contributed by atoms with Gasteiger partial charge in [-0.3, -0.25) is 9.78 Å². The van der Waals surface area contributed by atoms with Crippen molar-refractivity contribution in [2.24, 2.45) is 35.5 Å². The molecule has 3 aliphatic rings. The zero-order valence-electron chi connectivity index (χ0n) is 17.8. The first kappa shape index (κ1) is 20.4. The highest BCUT2D eigenvalue weighted by Gasteiger charge is 2.52. The SMILES string of the molecule is CC(C)CC(=O)N1CCC(C2c3ncc(Br)cc3CCC3C(C)C(C)C32)CC1. The average molecular weight is 447 g/mol. The topological polar surface area (TPSA) is 33.2 Å². The van der Waals surface area contributed by atoms with Crippen LogP contribution in [-0.4, -0.2) is 28.9 Å². The summed E-state index contributed by atoms with van der Waals surface area (Å²) in [5.74, 6) is 5.26. The van der Waals surface area contributed by atoms with Crippen molar-refractivity contribution in [2.75, 3.05) is 13.1 Å². The van der Waals surface area contributed by atoms with Crippen molar-refractivity contribution in [1.29, 1.82) is 0 Å². The molecule has 0 bridgehead atoms. The summed E-state index contributed by atoms with van der Waals surface area (Å²) in [7, 11) is 0. The smallest absolute Gasteiger partial charge is 0.222 e. The molecule has 28 heavy (non-hydrogen) atoms. The minimum atomic E-state index is 0.347. The van der Waals surface area contributed by atoms with Crippen LogP contribution < -0.4 is 0 Å². The van der Waals surface area contributed by atoms with Crippen LogP contribution in [0.5, 0.6) is 0 Å². The van der Waals surface area contributed by atoms with Crippen molar-refractivity contribution in [1.82, 2.24) is 9.88 Å². The zero-order chi connectivity index (χ0) is 20.0. The van der Waals surface area contributed by atoms with Crippen LogP contribution in [-0.2, 0) is 11.2 Å². The van der Waals surface area contributed by atoms with Gasteiger partial charge in [0.15, 0.2) is 0 Å². The van der Waals surface area contributed by atoms with Crippen molar-refractivity contribution >= 4 is 21.8 Å². The summed E-state index contributed by atoms with van der Waals surface area (Å²) in [6, 6.07) is 2.32. The predicted octanol–water partition coefficient (Wildman–Crippen LogP) is 5.68. The first-order valence-electron chi connectivity index (χ1n) is 11.3. The van der Waals surface area contributed by atoms with Crippen LogP contribution in [0.25, 0.3) is 0 Å². The number of hydrogen-bond acceptors (Lipinski definition) is 2. The maximum Gasteiger partial charge on any atom is 0.222 e. The Balaban J connectivity index is 1.56. The van der Waals surface area contributed by atoms with E-state index in [1.54, 1.807) is 0 Å². The molecule has 0 aromatic carbocycles. The lowest BCUT2D eigenvalue weighted by Crippen LogP contribution is -2.49. The minimum absolute atomic E-state index is 0.347. The first-order valence-corrected chi connectivity index (χ1v) is 12.1. The van der Waals surface area contributed by atoms with Gasteiger partial charge in [0, 0.05) is 41.8 Å². The second-order valence-corrected chi connectivity index (χ2v) is 11.0. The lowest BCUT2D eigenvalue weighted by Gasteiger charge is -2.54. The number of nitrogens with zero attached hydrogens (tertiary/aromatic N) is 2. The number of piperidine rings is 1. The molecule has 4 rings (SSSR count). The summed E-state index contributed by atoms with van der Waals surface area (Å²) in [5.41, 5.74) is 2.84. The molecule has 0 N–H and O–H groups in total. The third-order valence-electron chi connectivity index (χ3n) is 8.03. The quantitative estimate of drug-likeness (QED) is 0.598. The number of likely N-dealkylation sites (tertiary alicyclic amines) is 1. The number of hydrogen-bond donors (Lipinski definition) is 0. The fraction of sp³-hybridized carbons (Fsp3) is 0.750. The molecular weight excluding hydrogens is 412 g/mol. The van der Waals surface area contributed by atoms with Crippen molar-refractivity contribution in [2.45, 2.75) is 65.7 Å². The number of aromatic nitrogens is 1. The van der Waals surface area contributed by atoms with Gasteiger partial charge in [-0.1, -0.05) is 27.7 Å². The lowest BCUT2D eigenvalue weighted by atomic mass is 9.51. The highest BCUT2D eigenvalue weighted by molar-refractivity contribution is 9.10. The van der Waals surface area contributed by atoms with E-state index in [0.29, 0.717) is 30.1 Å². The van der Waals surface area contributed by atoms with E-state index in [-0.39, 0.29) is 0 Å². The van der Waals surface area contributed by atoms with E-state index in [4.69, 9.17) is 4.98 Å². The van der Waals surface area contributed by atoms with Crippen molar-refractivity contribution in [3.8, 4) is 0 Å². The number of rotatable bonds is 3. The van der Waals surface area contributed by atoms with Crippen LogP contribution in [0.15, 0.2) is 16.7 Å². The molecule has 3 nitrogen and oxygen atoms in total. The molecule has 4 heteroatoms. The number of carbonyl (C=O) groups excluding carboxylic acids is 1. The Bertz CT molecular complexity index is 725. The van der Waals surface area contributed by atoms with Crippen LogP contribution in [0.4, 0.5) is 0 Å². The van der Waals surface area contributed by atoms with E-state index in [1.807, 2.05) is 6.20 Å². The summed E-state index contributed by atoms with van der Waals surface area (Å²) < 4.78 is 1.11. The molecule has 2 heterocycles. The molecule has 2 aliphatic carbocycles. The Morgan fingerprint density at radius 1 is 1.21 bits per heavy atom. The van der Waals surface area contributed by atoms with Crippen LogP contribution >= 0.6 is 15.9 Å². The average Bonchev–Trinajstić information content (AvgIpc) is 2.82. The van der Waals surface area contributed by atoms with E-state index >= 15 is 0 Å². The van der Waals surface area contributed by atoms with E-state index < -0.39 is 0 Å². The minimum Gasteiger partial charge on any atom is -0.343 e. The van der Waals surface area contributed by atoms with E-state index in [1.165, 1.54) is 24.1 Å². The molecule has 1 aliphatic heterocycles. The summed E-state index contributed by atoms with van der Waals surface area (Å²) in [5, 5.41) is 0. The molecule has 5 unspecified atom stereocenters. The van der Waals surface area contributed by atoms with Crippen LogP contribution in [0.2, 0.25) is 0 Å². The summed E-state index contributed by atoms with van der Waals surface area (Å²) in [6.45, 7) is 11.0. The summed E-state index contributed by atoms with van der Waals surface area (Å²) in [6.07, 6.45) is 7.43. The van der Waals surface area contributed by atoms with Gasteiger partial charge in [-0.25, -0.2) is 0 Å². The van der Waals surface area contributed by atoms with Crippen molar-refractivity contribution in [3.63, 3.8) is 0 Å². The molecule has 1 amide bonds. The summed E-state index contributed by atoms with van der Waals surface area (Å²) in [4.78, 5) is 19.6. The van der Waals surface area contributed by atoms with Gasteiger partial charge >= 0.3 is 0 Å². The second-order valence-electron chi connectivity index (χ2n) is 10.0. The highest BCUT2D eigenvalue weighted by atomic mass is 79.9. The fourth-order valence-electron chi connectivity index (χ4n) is 6.40. The van der Waals surface area contributed by atoms with E-state index in [2.05, 4.69) is 54.6 Å². The number of halogens is 1. The third-order valence-corrected chi connectivity index (χ3v) is 8.47. The Labute approximate surface area is 178 Å². The maximum absolute atomic E-state index is 12.5.